The summed E-state index contributed by atoms with van der Waals surface area (Å²) in [7, 11) is 0. The monoisotopic (exact) mass is 322 g/mol. The van der Waals surface area contributed by atoms with Crippen molar-refractivity contribution in [3.63, 3.8) is 0 Å². The first-order valence-electron chi connectivity index (χ1n) is 8.59. The molecule has 3 fully saturated rings. The molecular weight excluding hydrogens is 296 g/mol. The van der Waals surface area contributed by atoms with Gasteiger partial charge in [0.15, 0.2) is 0 Å². The number of hydrogen-bond donors (Lipinski definition) is 0. The van der Waals surface area contributed by atoms with Crippen molar-refractivity contribution in [3.8, 4) is 0 Å². The number of ether oxygens (including phenoxy) is 2. The van der Waals surface area contributed by atoms with Crippen molar-refractivity contribution in [3.05, 3.63) is 16.1 Å². The number of thiazole rings is 1. The van der Waals surface area contributed by atoms with Gasteiger partial charge in [-0.25, -0.2) is 4.98 Å². The summed E-state index contributed by atoms with van der Waals surface area (Å²) in [6.07, 6.45) is 6.55. The fourth-order valence-electron chi connectivity index (χ4n) is 3.76. The highest BCUT2D eigenvalue weighted by Crippen LogP contribution is 2.37. The second-order valence-corrected chi connectivity index (χ2v) is 8.21. The quantitative estimate of drug-likeness (QED) is 0.835. The van der Waals surface area contributed by atoms with Gasteiger partial charge in [-0.15, -0.1) is 11.3 Å². The van der Waals surface area contributed by atoms with Gasteiger partial charge in [0.2, 0.25) is 0 Å². The maximum absolute atomic E-state index is 6.25. The maximum Gasteiger partial charge on any atom is 0.0836 e. The van der Waals surface area contributed by atoms with E-state index >= 15 is 0 Å². The van der Waals surface area contributed by atoms with Crippen LogP contribution in [0, 0.1) is 12.8 Å². The zero-order valence-electron chi connectivity index (χ0n) is 13.4. The van der Waals surface area contributed by atoms with Crippen LogP contribution in [0.1, 0.15) is 42.7 Å². The van der Waals surface area contributed by atoms with Gasteiger partial charge in [0.05, 0.1) is 29.5 Å². The third-order valence-corrected chi connectivity index (χ3v) is 6.19. The summed E-state index contributed by atoms with van der Waals surface area (Å²) >= 11 is 1.77. The van der Waals surface area contributed by atoms with Crippen LogP contribution in [0.4, 0.5) is 0 Å². The molecule has 4 nitrogen and oxygen atoms in total. The molecule has 2 atom stereocenters. The molecule has 1 saturated carbocycles. The van der Waals surface area contributed by atoms with Crippen molar-refractivity contribution in [2.75, 3.05) is 26.3 Å². The van der Waals surface area contributed by atoms with E-state index in [4.69, 9.17) is 9.47 Å². The third kappa shape index (κ3) is 3.37. The predicted molar refractivity (Wildman–Crippen MR) is 87.1 cm³/mol. The molecule has 1 aromatic heterocycles. The summed E-state index contributed by atoms with van der Waals surface area (Å²) in [6.45, 7) is 7.10. The van der Waals surface area contributed by atoms with Crippen LogP contribution >= 0.6 is 11.3 Å². The number of aromatic nitrogens is 1. The number of likely N-dealkylation sites (tertiary alicyclic amines) is 1. The third-order valence-electron chi connectivity index (χ3n) is 5.27. The van der Waals surface area contributed by atoms with E-state index in [-0.39, 0.29) is 5.60 Å². The van der Waals surface area contributed by atoms with Crippen LogP contribution in [0.15, 0.2) is 5.51 Å². The van der Waals surface area contributed by atoms with Crippen molar-refractivity contribution in [1.82, 2.24) is 9.88 Å². The first-order valence-corrected chi connectivity index (χ1v) is 9.47. The van der Waals surface area contributed by atoms with Crippen LogP contribution in [-0.4, -0.2) is 47.9 Å². The van der Waals surface area contributed by atoms with Crippen LogP contribution in [0.25, 0.3) is 0 Å². The molecule has 1 spiro atoms. The minimum atomic E-state index is 0.0467. The molecule has 5 heteroatoms. The number of piperidine rings is 1. The second-order valence-electron chi connectivity index (χ2n) is 7.27. The Kier molecular flexibility index (Phi) is 4.24. The Bertz CT molecular complexity index is 517. The van der Waals surface area contributed by atoms with E-state index in [1.165, 1.54) is 42.8 Å². The molecule has 2 saturated heterocycles. The first-order chi connectivity index (χ1) is 10.7. The minimum absolute atomic E-state index is 0.0467. The summed E-state index contributed by atoms with van der Waals surface area (Å²) in [6, 6.07) is 0. The van der Waals surface area contributed by atoms with Gasteiger partial charge in [0, 0.05) is 31.0 Å². The van der Waals surface area contributed by atoms with Gasteiger partial charge in [-0.3, -0.25) is 4.90 Å². The van der Waals surface area contributed by atoms with Crippen molar-refractivity contribution in [2.45, 2.75) is 57.3 Å². The van der Waals surface area contributed by atoms with Crippen molar-refractivity contribution < 1.29 is 9.47 Å². The lowest BCUT2D eigenvalue weighted by molar-refractivity contribution is -0.0545. The standard InChI is InChI=1S/C17H26N2O2S/c1-13-16(22-12-18-13)8-19-6-2-5-17(11-19)7-15(10-21-17)20-9-14-3-4-14/h12,14-15H,2-11H2,1H3/t15-,17-/m0/s1. The minimum Gasteiger partial charge on any atom is -0.375 e. The molecule has 122 valence electrons. The Balaban J connectivity index is 1.33. The fraction of sp³-hybridized carbons (Fsp3) is 0.824. The van der Waals surface area contributed by atoms with Gasteiger partial charge >= 0.3 is 0 Å². The largest absolute Gasteiger partial charge is 0.375 e. The lowest BCUT2D eigenvalue weighted by atomic mass is 9.89. The van der Waals surface area contributed by atoms with E-state index in [0.717, 1.165) is 38.6 Å². The average molecular weight is 322 g/mol. The van der Waals surface area contributed by atoms with Gasteiger partial charge in [0.25, 0.3) is 0 Å². The Labute approximate surface area is 136 Å². The molecule has 3 aliphatic rings. The Morgan fingerprint density at radius 2 is 2.41 bits per heavy atom. The molecular formula is C17H26N2O2S. The van der Waals surface area contributed by atoms with E-state index in [2.05, 4.69) is 16.8 Å². The molecule has 22 heavy (non-hydrogen) atoms. The number of rotatable bonds is 5. The van der Waals surface area contributed by atoms with E-state index in [1.807, 2.05) is 5.51 Å². The van der Waals surface area contributed by atoms with Gasteiger partial charge in [0.1, 0.15) is 0 Å². The molecule has 4 rings (SSSR count). The Hall–Kier alpha value is -0.490. The van der Waals surface area contributed by atoms with E-state index in [1.54, 1.807) is 11.3 Å². The average Bonchev–Trinajstić information content (AvgIpc) is 3.15. The zero-order chi connectivity index (χ0) is 15.0. The van der Waals surface area contributed by atoms with Crippen LogP contribution in [0.5, 0.6) is 0 Å². The van der Waals surface area contributed by atoms with Crippen molar-refractivity contribution >= 4 is 11.3 Å². The highest BCUT2D eigenvalue weighted by molar-refractivity contribution is 7.09. The topological polar surface area (TPSA) is 34.6 Å². The molecule has 1 aliphatic carbocycles. The van der Waals surface area contributed by atoms with Gasteiger partial charge in [-0.1, -0.05) is 0 Å². The molecule has 0 amide bonds. The van der Waals surface area contributed by atoms with Crippen LogP contribution < -0.4 is 0 Å². The van der Waals surface area contributed by atoms with Gasteiger partial charge in [-0.05, 0) is 45.1 Å². The van der Waals surface area contributed by atoms with E-state index < -0.39 is 0 Å². The predicted octanol–water partition coefficient (Wildman–Crippen LogP) is 3.00. The van der Waals surface area contributed by atoms with E-state index in [9.17, 15) is 0 Å². The smallest absolute Gasteiger partial charge is 0.0836 e. The molecule has 0 N–H and O–H groups in total. The summed E-state index contributed by atoms with van der Waals surface area (Å²) in [5.41, 5.74) is 3.19. The first kappa shape index (κ1) is 15.1. The number of nitrogens with zero attached hydrogens (tertiary/aromatic N) is 2. The molecule has 2 aliphatic heterocycles. The zero-order valence-corrected chi connectivity index (χ0v) is 14.2. The van der Waals surface area contributed by atoms with Crippen molar-refractivity contribution in [2.24, 2.45) is 5.92 Å². The summed E-state index contributed by atoms with van der Waals surface area (Å²) in [5, 5.41) is 0. The molecule has 3 heterocycles. The van der Waals surface area contributed by atoms with Crippen molar-refractivity contribution in [1.29, 1.82) is 0 Å². The highest BCUT2D eigenvalue weighted by Gasteiger charge is 2.44. The van der Waals surface area contributed by atoms with E-state index in [0.29, 0.717) is 6.10 Å². The normalized spacial score (nSPS) is 32.9. The number of hydrogen-bond acceptors (Lipinski definition) is 5. The lowest BCUT2D eigenvalue weighted by Gasteiger charge is -2.39. The van der Waals surface area contributed by atoms with Crippen LogP contribution in [-0.2, 0) is 16.0 Å². The molecule has 0 radical (unpaired) electrons. The molecule has 0 unspecified atom stereocenters. The van der Waals surface area contributed by atoms with Crippen LogP contribution in [0.3, 0.4) is 0 Å². The lowest BCUT2D eigenvalue weighted by Crippen LogP contribution is -2.47. The summed E-state index contributed by atoms with van der Waals surface area (Å²) < 4.78 is 12.3. The van der Waals surface area contributed by atoms with Gasteiger partial charge in [-0.2, -0.15) is 0 Å². The Morgan fingerprint density at radius 1 is 1.50 bits per heavy atom. The molecule has 0 bridgehead atoms. The maximum atomic E-state index is 6.25. The second kappa shape index (κ2) is 6.19. The highest BCUT2D eigenvalue weighted by atomic mass is 32.1. The molecule has 1 aromatic rings. The fourth-order valence-corrected chi connectivity index (χ4v) is 4.58. The summed E-state index contributed by atoms with van der Waals surface area (Å²) in [5.74, 6) is 0.841. The van der Waals surface area contributed by atoms with Gasteiger partial charge < -0.3 is 9.47 Å². The Morgan fingerprint density at radius 3 is 3.18 bits per heavy atom. The molecule has 0 aromatic carbocycles. The van der Waals surface area contributed by atoms with Crippen LogP contribution in [0.2, 0.25) is 0 Å². The summed E-state index contributed by atoms with van der Waals surface area (Å²) in [4.78, 5) is 8.32. The SMILES string of the molecule is Cc1ncsc1CN1CCC[C@]2(C[C@H](OCC3CC3)CO2)C1. The number of aryl methyl sites for hydroxylation is 1.